The minimum Gasteiger partial charge on any atom is -0.454 e. The van der Waals surface area contributed by atoms with Gasteiger partial charge in [-0.25, -0.2) is 0 Å². The summed E-state index contributed by atoms with van der Waals surface area (Å²) in [5.74, 6) is 2.06. The summed E-state index contributed by atoms with van der Waals surface area (Å²) in [6.45, 7) is 4.64. The standard InChI is InChI=1S/C17H16BrNO2/c1-11(2)12-3-5-14(6-4-12)19-9-13-7-16-17(8-15(13)18)21-10-20-16/h3-9,11H,10H2,1-2H3. The molecule has 108 valence electrons. The average molecular weight is 346 g/mol. The lowest BCUT2D eigenvalue weighted by atomic mass is 10.0. The van der Waals surface area contributed by atoms with Crippen LogP contribution in [0, 0.1) is 0 Å². The highest BCUT2D eigenvalue weighted by atomic mass is 79.9. The van der Waals surface area contributed by atoms with Crippen molar-refractivity contribution in [3.8, 4) is 11.5 Å². The summed E-state index contributed by atoms with van der Waals surface area (Å²) in [5, 5.41) is 0. The third-order valence-corrected chi connectivity index (χ3v) is 4.09. The van der Waals surface area contributed by atoms with Crippen LogP contribution in [-0.4, -0.2) is 13.0 Å². The fourth-order valence-corrected chi connectivity index (χ4v) is 2.55. The quantitative estimate of drug-likeness (QED) is 0.728. The predicted molar refractivity (Wildman–Crippen MR) is 88.1 cm³/mol. The first kappa shape index (κ1) is 14.1. The second-order valence-corrected chi connectivity index (χ2v) is 6.09. The van der Waals surface area contributed by atoms with Gasteiger partial charge < -0.3 is 9.47 Å². The number of hydrogen-bond acceptors (Lipinski definition) is 3. The molecule has 2 aromatic rings. The minimum absolute atomic E-state index is 0.277. The molecule has 0 unspecified atom stereocenters. The second kappa shape index (κ2) is 5.90. The molecule has 3 rings (SSSR count). The Morgan fingerprint density at radius 1 is 1.10 bits per heavy atom. The molecule has 0 fully saturated rings. The van der Waals surface area contributed by atoms with Crippen LogP contribution in [0.1, 0.15) is 30.9 Å². The molecule has 0 radical (unpaired) electrons. The molecule has 1 aliphatic heterocycles. The van der Waals surface area contributed by atoms with Crippen LogP contribution in [-0.2, 0) is 0 Å². The molecule has 2 aromatic carbocycles. The normalized spacial score (nSPS) is 13.3. The van der Waals surface area contributed by atoms with E-state index >= 15 is 0 Å². The van der Waals surface area contributed by atoms with Crippen LogP contribution in [0.15, 0.2) is 45.9 Å². The van der Waals surface area contributed by atoms with Gasteiger partial charge in [-0.2, -0.15) is 0 Å². The number of aliphatic imine (C=N–C) groups is 1. The number of hydrogen-bond donors (Lipinski definition) is 0. The van der Waals surface area contributed by atoms with Crippen molar-refractivity contribution in [3.63, 3.8) is 0 Å². The Balaban J connectivity index is 1.83. The highest BCUT2D eigenvalue weighted by molar-refractivity contribution is 9.10. The first-order chi connectivity index (χ1) is 10.1. The Hall–Kier alpha value is -1.81. The molecule has 0 N–H and O–H groups in total. The number of benzene rings is 2. The first-order valence-electron chi connectivity index (χ1n) is 6.86. The first-order valence-corrected chi connectivity index (χ1v) is 7.66. The van der Waals surface area contributed by atoms with Crippen LogP contribution >= 0.6 is 15.9 Å². The highest BCUT2D eigenvalue weighted by Crippen LogP contribution is 2.36. The summed E-state index contributed by atoms with van der Waals surface area (Å²) < 4.78 is 11.7. The summed E-state index contributed by atoms with van der Waals surface area (Å²) in [7, 11) is 0. The molecule has 21 heavy (non-hydrogen) atoms. The third kappa shape index (κ3) is 3.10. The molecule has 0 saturated heterocycles. The van der Waals surface area contributed by atoms with Crippen molar-refractivity contribution in [2.24, 2.45) is 4.99 Å². The van der Waals surface area contributed by atoms with Crippen molar-refractivity contribution in [2.75, 3.05) is 6.79 Å². The zero-order valence-corrected chi connectivity index (χ0v) is 13.6. The van der Waals surface area contributed by atoms with Gasteiger partial charge in [-0.1, -0.05) is 26.0 Å². The van der Waals surface area contributed by atoms with Gasteiger partial charge in [0.25, 0.3) is 0 Å². The fourth-order valence-electron chi connectivity index (χ4n) is 2.12. The summed E-state index contributed by atoms with van der Waals surface area (Å²) >= 11 is 3.53. The van der Waals surface area contributed by atoms with Crippen molar-refractivity contribution in [3.05, 3.63) is 52.0 Å². The molecular formula is C17H16BrNO2. The Morgan fingerprint density at radius 3 is 2.43 bits per heavy atom. The van der Waals surface area contributed by atoms with E-state index in [0.717, 1.165) is 27.2 Å². The van der Waals surface area contributed by atoms with E-state index in [1.807, 2.05) is 30.5 Å². The monoisotopic (exact) mass is 345 g/mol. The largest absolute Gasteiger partial charge is 0.454 e. The molecule has 3 nitrogen and oxygen atoms in total. The molecule has 4 heteroatoms. The fraction of sp³-hybridized carbons (Fsp3) is 0.235. The molecular weight excluding hydrogens is 330 g/mol. The Morgan fingerprint density at radius 2 is 1.76 bits per heavy atom. The van der Waals surface area contributed by atoms with E-state index in [2.05, 4.69) is 46.9 Å². The van der Waals surface area contributed by atoms with Gasteiger partial charge >= 0.3 is 0 Å². The topological polar surface area (TPSA) is 30.8 Å². The van der Waals surface area contributed by atoms with E-state index in [1.165, 1.54) is 5.56 Å². The maximum Gasteiger partial charge on any atom is 0.231 e. The van der Waals surface area contributed by atoms with Crippen LogP contribution < -0.4 is 9.47 Å². The number of fused-ring (bicyclic) bond motifs is 1. The van der Waals surface area contributed by atoms with Crippen molar-refractivity contribution in [2.45, 2.75) is 19.8 Å². The summed E-state index contributed by atoms with van der Waals surface area (Å²) in [5.41, 5.74) is 3.22. The van der Waals surface area contributed by atoms with E-state index in [9.17, 15) is 0 Å². The van der Waals surface area contributed by atoms with Gasteiger partial charge in [-0.3, -0.25) is 4.99 Å². The van der Waals surface area contributed by atoms with E-state index in [-0.39, 0.29) is 6.79 Å². The number of rotatable bonds is 3. The Bertz CT molecular complexity index is 678. The van der Waals surface area contributed by atoms with Crippen LogP contribution in [0.5, 0.6) is 11.5 Å². The maximum atomic E-state index is 5.38. The van der Waals surface area contributed by atoms with Gasteiger partial charge in [0, 0.05) is 16.3 Å². The van der Waals surface area contributed by atoms with Crippen molar-refractivity contribution in [1.29, 1.82) is 0 Å². The van der Waals surface area contributed by atoms with E-state index in [4.69, 9.17) is 9.47 Å². The molecule has 1 heterocycles. The zero-order valence-electron chi connectivity index (χ0n) is 12.0. The van der Waals surface area contributed by atoms with E-state index in [0.29, 0.717) is 5.92 Å². The molecule has 0 saturated carbocycles. The second-order valence-electron chi connectivity index (χ2n) is 5.23. The van der Waals surface area contributed by atoms with Gasteiger partial charge in [-0.05, 0) is 51.7 Å². The molecule has 1 aliphatic rings. The molecule has 0 aliphatic carbocycles. The number of nitrogens with zero attached hydrogens (tertiary/aromatic N) is 1. The van der Waals surface area contributed by atoms with Gasteiger partial charge in [0.1, 0.15) is 0 Å². The van der Waals surface area contributed by atoms with Gasteiger partial charge in [0.05, 0.1) is 5.69 Å². The lowest BCUT2D eigenvalue weighted by Crippen LogP contribution is -1.92. The van der Waals surface area contributed by atoms with Gasteiger partial charge in [0.2, 0.25) is 6.79 Å². The van der Waals surface area contributed by atoms with Crippen LogP contribution in [0.2, 0.25) is 0 Å². The maximum absolute atomic E-state index is 5.38. The SMILES string of the molecule is CC(C)c1ccc(N=Cc2cc3c(cc2Br)OCO3)cc1. The number of halogens is 1. The van der Waals surface area contributed by atoms with Gasteiger partial charge in [-0.15, -0.1) is 0 Å². The van der Waals surface area contributed by atoms with E-state index in [1.54, 1.807) is 0 Å². The van der Waals surface area contributed by atoms with Crippen molar-refractivity contribution >= 4 is 27.8 Å². The molecule has 0 aromatic heterocycles. The molecule has 0 atom stereocenters. The third-order valence-electron chi connectivity index (χ3n) is 3.40. The van der Waals surface area contributed by atoms with Crippen LogP contribution in [0.25, 0.3) is 0 Å². The van der Waals surface area contributed by atoms with Gasteiger partial charge in [0.15, 0.2) is 11.5 Å². The summed E-state index contributed by atoms with van der Waals surface area (Å²) in [6.07, 6.45) is 1.83. The van der Waals surface area contributed by atoms with Crippen molar-refractivity contribution < 1.29 is 9.47 Å². The molecule has 0 spiro atoms. The Kier molecular flexibility index (Phi) is 3.97. The molecule has 0 amide bonds. The minimum atomic E-state index is 0.277. The Labute approximate surface area is 132 Å². The highest BCUT2D eigenvalue weighted by Gasteiger charge is 2.15. The predicted octanol–water partition coefficient (Wildman–Crippen LogP) is 5.05. The van der Waals surface area contributed by atoms with Crippen molar-refractivity contribution in [1.82, 2.24) is 0 Å². The number of ether oxygens (including phenoxy) is 2. The van der Waals surface area contributed by atoms with Crippen LogP contribution in [0.3, 0.4) is 0 Å². The summed E-state index contributed by atoms with van der Waals surface area (Å²) in [6, 6.07) is 12.1. The lowest BCUT2D eigenvalue weighted by Gasteiger charge is -2.05. The molecule has 0 bridgehead atoms. The zero-order chi connectivity index (χ0) is 14.8. The van der Waals surface area contributed by atoms with E-state index < -0.39 is 0 Å². The average Bonchev–Trinajstić information content (AvgIpc) is 2.92. The smallest absolute Gasteiger partial charge is 0.231 e. The lowest BCUT2D eigenvalue weighted by molar-refractivity contribution is 0.174. The summed E-state index contributed by atoms with van der Waals surface area (Å²) in [4.78, 5) is 4.51. The van der Waals surface area contributed by atoms with Crippen LogP contribution in [0.4, 0.5) is 5.69 Å².